The van der Waals surface area contributed by atoms with Crippen molar-refractivity contribution in [2.75, 3.05) is 43.1 Å². The zero-order valence-electron chi connectivity index (χ0n) is 22.8. The fourth-order valence-electron chi connectivity index (χ4n) is 5.90. The van der Waals surface area contributed by atoms with Crippen LogP contribution in [0.1, 0.15) is 43.2 Å². The summed E-state index contributed by atoms with van der Waals surface area (Å²) in [4.78, 5) is 39.3. The normalized spacial score (nSPS) is 19.8. The number of nitrogens with zero attached hydrogens (tertiary/aromatic N) is 5. The van der Waals surface area contributed by atoms with E-state index in [9.17, 15) is 9.59 Å². The molecule has 0 radical (unpaired) electrons. The number of rotatable bonds is 5. The fraction of sp³-hybridized carbons (Fsp3) is 0.400. The first-order valence-corrected chi connectivity index (χ1v) is 15.1. The summed E-state index contributed by atoms with van der Waals surface area (Å²) in [6.45, 7) is 4.92. The van der Waals surface area contributed by atoms with E-state index in [0.29, 0.717) is 39.3 Å². The second-order valence-electron chi connectivity index (χ2n) is 10.6. The largest absolute Gasteiger partial charge is 0.497 e. The first-order chi connectivity index (χ1) is 19.4. The standard InChI is InChI=1S/C30H33N5O3S2/c1-20-7-6-14-34-26(20)31-27(33-17-15-32(16-18-33)21-10-12-23(38-2)13-11-21)24(28(34)36)19-25-29(37)35(30(39)40-25)22-8-4-3-5-9-22/h6-7,10-14,19,22H,3-5,8-9,15-18H2,1-2H3. The van der Waals surface area contributed by atoms with Gasteiger partial charge in [-0.15, -0.1) is 0 Å². The number of hydrogen-bond acceptors (Lipinski definition) is 8. The number of thioether (sulfide) groups is 1. The van der Waals surface area contributed by atoms with E-state index in [4.69, 9.17) is 21.9 Å². The number of anilines is 2. The molecule has 1 saturated carbocycles. The lowest BCUT2D eigenvalue weighted by Gasteiger charge is -2.37. The summed E-state index contributed by atoms with van der Waals surface area (Å²) in [5.41, 5.74) is 2.95. The molecule has 3 fully saturated rings. The van der Waals surface area contributed by atoms with E-state index in [1.165, 1.54) is 18.2 Å². The zero-order chi connectivity index (χ0) is 27.8. The number of carbonyl (C=O) groups is 1. The van der Waals surface area contributed by atoms with Crippen LogP contribution >= 0.6 is 24.0 Å². The van der Waals surface area contributed by atoms with Crippen molar-refractivity contribution in [1.82, 2.24) is 14.3 Å². The average molecular weight is 576 g/mol. The summed E-state index contributed by atoms with van der Waals surface area (Å²) in [6.07, 6.45) is 8.86. The second kappa shape index (κ2) is 11.2. The van der Waals surface area contributed by atoms with Gasteiger partial charge in [-0.1, -0.05) is 49.3 Å². The van der Waals surface area contributed by atoms with Gasteiger partial charge in [0.25, 0.3) is 11.5 Å². The van der Waals surface area contributed by atoms with E-state index in [2.05, 4.69) is 21.9 Å². The number of benzene rings is 1. The first-order valence-electron chi connectivity index (χ1n) is 13.9. The number of ether oxygens (including phenoxy) is 1. The third-order valence-corrected chi connectivity index (χ3v) is 9.45. The Bertz CT molecular complexity index is 1540. The Morgan fingerprint density at radius 2 is 1.70 bits per heavy atom. The number of aromatic nitrogens is 2. The average Bonchev–Trinajstić information content (AvgIpc) is 3.27. The van der Waals surface area contributed by atoms with Crippen LogP contribution < -0.4 is 20.1 Å². The number of aryl methyl sites for hydroxylation is 1. The monoisotopic (exact) mass is 575 g/mol. The van der Waals surface area contributed by atoms with Crippen molar-refractivity contribution in [1.29, 1.82) is 0 Å². The van der Waals surface area contributed by atoms with Crippen molar-refractivity contribution < 1.29 is 9.53 Å². The fourth-order valence-corrected chi connectivity index (χ4v) is 7.28. The lowest BCUT2D eigenvalue weighted by Crippen LogP contribution is -2.47. The number of thiocarbonyl (C=S) groups is 1. The van der Waals surface area contributed by atoms with Crippen molar-refractivity contribution >= 4 is 57.4 Å². The summed E-state index contributed by atoms with van der Waals surface area (Å²) in [5.74, 6) is 1.36. The van der Waals surface area contributed by atoms with Crippen LogP contribution in [0.4, 0.5) is 11.5 Å². The SMILES string of the molecule is COc1ccc(N2CCN(c3nc4c(C)cccn4c(=O)c3C=C3SC(=S)N(C4CCCCC4)C3=O)CC2)cc1. The molecular weight excluding hydrogens is 542 g/mol. The van der Waals surface area contributed by atoms with Gasteiger partial charge in [-0.2, -0.15) is 0 Å². The predicted molar refractivity (Wildman–Crippen MR) is 166 cm³/mol. The molecule has 40 heavy (non-hydrogen) atoms. The van der Waals surface area contributed by atoms with Crippen molar-refractivity contribution in [3.63, 3.8) is 0 Å². The minimum Gasteiger partial charge on any atom is -0.497 e. The third-order valence-electron chi connectivity index (χ3n) is 8.12. The number of carbonyl (C=O) groups excluding carboxylic acids is 1. The van der Waals surface area contributed by atoms with Gasteiger partial charge in [0.1, 0.15) is 21.5 Å². The van der Waals surface area contributed by atoms with Crippen molar-refractivity contribution in [2.45, 2.75) is 45.1 Å². The molecule has 3 aromatic rings. The van der Waals surface area contributed by atoms with Gasteiger partial charge in [0, 0.05) is 44.1 Å². The van der Waals surface area contributed by atoms with Gasteiger partial charge in [0.05, 0.1) is 17.6 Å². The number of methoxy groups -OCH3 is 1. The van der Waals surface area contributed by atoms with E-state index in [0.717, 1.165) is 55.8 Å². The van der Waals surface area contributed by atoms with E-state index in [1.807, 2.05) is 31.2 Å². The second-order valence-corrected chi connectivity index (χ2v) is 12.2. The van der Waals surface area contributed by atoms with Gasteiger partial charge in [0.2, 0.25) is 0 Å². The summed E-state index contributed by atoms with van der Waals surface area (Å²) in [6, 6.07) is 12.0. The third kappa shape index (κ3) is 4.99. The number of piperazine rings is 1. The Morgan fingerprint density at radius 3 is 2.40 bits per heavy atom. The van der Waals surface area contributed by atoms with Crippen LogP contribution in [0.5, 0.6) is 5.75 Å². The molecule has 0 N–H and O–H groups in total. The lowest BCUT2D eigenvalue weighted by atomic mass is 9.94. The molecule has 1 aliphatic carbocycles. The molecule has 0 atom stereocenters. The highest BCUT2D eigenvalue weighted by atomic mass is 32.2. The summed E-state index contributed by atoms with van der Waals surface area (Å²) in [7, 11) is 1.67. The van der Waals surface area contributed by atoms with Gasteiger partial charge >= 0.3 is 0 Å². The van der Waals surface area contributed by atoms with Crippen LogP contribution in [0.2, 0.25) is 0 Å². The zero-order valence-corrected chi connectivity index (χ0v) is 24.5. The lowest BCUT2D eigenvalue weighted by molar-refractivity contribution is -0.124. The molecule has 0 bridgehead atoms. The van der Waals surface area contributed by atoms with Gasteiger partial charge in [-0.25, -0.2) is 4.98 Å². The van der Waals surface area contributed by atoms with Crippen LogP contribution in [0, 0.1) is 6.92 Å². The van der Waals surface area contributed by atoms with E-state index in [1.54, 1.807) is 28.7 Å². The van der Waals surface area contributed by atoms with Crippen LogP contribution in [0.3, 0.4) is 0 Å². The number of fused-ring (bicyclic) bond motifs is 1. The molecule has 1 amide bonds. The van der Waals surface area contributed by atoms with Gasteiger partial charge < -0.3 is 14.5 Å². The van der Waals surface area contributed by atoms with Crippen LogP contribution in [-0.2, 0) is 4.79 Å². The van der Waals surface area contributed by atoms with Crippen LogP contribution in [0.15, 0.2) is 52.3 Å². The van der Waals surface area contributed by atoms with E-state index >= 15 is 0 Å². The Hall–Kier alpha value is -3.37. The Morgan fingerprint density at radius 1 is 1.00 bits per heavy atom. The molecule has 3 aliphatic rings. The molecule has 8 nitrogen and oxygen atoms in total. The van der Waals surface area contributed by atoms with Crippen molar-refractivity contribution in [2.24, 2.45) is 0 Å². The maximum Gasteiger partial charge on any atom is 0.267 e. The Labute approximate surface area is 243 Å². The van der Waals surface area contributed by atoms with Crippen LogP contribution in [-0.4, -0.2) is 63.8 Å². The van der Waals surface area contributed by atoms with E-state index < -0.39 is 0 Å². The predicted octanol–water partition coefficient (Wildman–Crippen LogP) is 4.87. The molecule has 208 valence electrons. The number of pyridine rings is 1. The molecular formula is C30H33N5O3S2. The maximum absolute atomic E-state index is 13.9. The molecule has 2 saturated heterocycles. The minimum absolute atomic E-state index is 0.0917. The molecule has 10 heteroatoms. The Kier molecular flexibility index (Phi) is 7.55. The molecule has 0 spiro atoms. The van der Waals surface area contributed by atoms with Crippen LogP contribution in [0.25, 0.3) is 11.7 Å². The molecule has 0 unspecified atom stereocenters. The highest BCUT2D eigenvalue weighted by Crippen LogP contribution is 2.38. The molecule has 2 aromatic heterocycles. The van der Waals surface area contributed by atoms with Gasteiger partial charge in [-0.05, 0) is 61.7 Å². The summed E-state index contributed by atoms with van der Waals surface area (Å²) in [5, 5.41) is 0. The van der Waals surface area contributed by atoms with Crippen molar-refractivity contribution in [3.05, 3.63) is 69.0 Å². The highest BCUT2D eigenvalue weighted by molar-refractivity contribution is 8.26. The Balaban J connectivity index is 1.34. The smallest absolute Gasteiger partial charge is 0.267 e. The number of hydrogen-bond donors (Lipinski definition) is 0. The molecule has 4 heterocycles. The molecule has 1 aromatic carbocycles. The first kappa shape index (κ1) is 26.8. The van der Waals surface area contributed by atoms with E-state index in [-0.39, 0.29) is 17.5 Å². The molecule has 6 rings (SSSR count). The quantitative estimate of drug-likeness (QED) is 0.315. The molecule has 2 aliphatic heterocycles. The summed E-state index contributed by atoms with van der Waals surface area (Å²) < 4.78 is 7.47. The highest BCUT2D eigenvalue weighted by Gasteiger charge is 2.38. The maximum atomic E-state index is 13.9. The van der Waals surface area contributed by atoms with Gasteiger partial charge in [-0.3, -0.25) is 18.9 Å². The number of amides is 1. The van der Waals surface area contributed by atoms with Gasteiger partial charge in [0.15, 0.2) is 0 Å². The topological polar surface area (TPSA) is 70.4 Å². The van der Waals surface area contributed by atoms with Crippen molar-refractivity contribution in [3.8, 4) is 5.75 Å². The summed E-state index contributed by atoms with van der Waals surface area (Å²) >= 11 is 6.96. The minimum atomic E-state index is -0.177.